The molecule has 0 radical (unpaired) electrons. The Morgan fingerprint density at radius 2 is 1.89 bits per heavy atom. The second-order valence-electron chi connectivity index (χ2n) is 7.76. The van der Waals surface area contributed by atoms with Crippen LogP contribution in [0.2, 0.25) is 5.02 Å². The fraction of sp³-hybridized carbons (Fsp3) is 0.391. The number of carbonyl (C=O) groups is 2. The van der Waals surface area contributed by atoms with Crippen LogP contribution in [0.5, 0.6) is 0 Å². The van der Waals surface area contributed by atoms with E-state index in [0.29, 0.717) is 23.6 Å². The molecule has 1 saturated carbocycles. The summed E-state index contributed by atoms with van der Waals surface area (Å²) in [6, 6.07) is 15.6. The van der Waals surface area contributed by atoms with Crippen molar-refractivity contribution in [3.8, 4) is 0 Å². The minimum Gasteiger partial charge on any atom is -0.338 e. The number of hydrogen-bond acceptors (Lipinski definition) is 2. The van der Waals surface area contributed by atoms with Crippen molar-refractivity contribution in [1.29, 1.82) is 0 Å². The summed E-state index contributed by atoms with van der Waals surface area (Å²) in [4.78, 5) is 28.9. The topological polar surface area (TPSA) is 40.6 Å². The van der Waals surface area contributed by atoms with E-state index >= 15 is 0 Å². The van der Waals surface area contributed by atoms with Crippen molar-refractivity contribution in [2.45, 2.75) is 51.2 Å². The van der Waals surface area contributed by atoms with E-state index in [0.717, 1.165) is 36.9 Å². The molecule has 0 bridgehead atoms. The third-order valence-electron chi connectivity index (χ3n) is 5.69. The van der Waals surface area contributed by atoms with Gasteiger partial charge in [-0.3, -0.25) is 9.59 Å². The average Bonchev–Trinajstić information content (AvgIpc) is 3.45. The van der Waals surface area contributed by atoms with Crippen molar-refractivity contribution in [2.24, 2.45) is 0 Å². The van der Waals surface area contributed by atoms with Crippen molar-refractivity contribution < 1.29 is 9.59 Å². The lowest BCUT2D eigenvalue weighted by atomic mass is 10.0. The van der Waals surface area contributed by atoms with Gasteiger partial charge in [0.15, 0.2) is 0 Å². The molecule has 5 heteroatoms. The van der Waals surface area contributed by atoms with Crippen LogP contribution in [-0.2, 0) is 11.3 Å². The van der Waals surface area contributed by atoms with Crippen LogP contribution in [0.25, 0.3) is 0 Å². The predicted molar refractivity (Wildman–Crippen MR) is 110 cm³/mol. The zero-order valence-electron chi connectivity index (χ0n) is 16.1. The maximum Gasteiger partial charge on any atom is 0.254 e. The lowest BCUT2D eigenvalue weighted by molar-refractivity contribution is -0.128. The number of halogens is 1. The molecular weight excluding hydrogens is 372 g/mol. The molecule has 1 aliphatic heterocycles. The Balaban J connectivity index is 1.51. The Bertz CT molecular complexity index is 876. The van der Waals surface area contributed by atoms with Crippen molar-refractivity contribution >= 4 is 23.4 Å². The van der Waals surface area contributed by atoms with Gasteiger partial charge in [0, 0.05) is 36.1 Å². The van der Waals surface area contributed by atoms with E-state index in [2.05, 4.69) is 0 Å². The summed E-state index contributed by atoms with van der Waals surface area (Å²) in [5.41, 5.74) is 2.72. The van der Waals surface area contributed by atoms with Crippen LogP contribution in [0.15, 0.2) is 48.5 Å². The first-order valence-corrected chi connectivity index (χ1v) is 10.4. The number of hydrogen-bond donors (Lipinski definition) is 0. The third kappa shape index (κ3) is 3.93. The molecule has 0 spiro atoms. The molecule has 4 rings (SSSR count). The SMILES string of the molecule is CC(c1ccccc1Cl)N(C(=O)c1ccc(CN2CCCC2=O)cc1)C1CC1. The second-order valence-corrected chi connectivity index (χ2v) is 8.16. The quantitative estimate of drug-likeness (QED) is 0.701. The molecule has 28 heavy (non-hydrogen) atoms. The molecule has 1 heterocycles. The molecule has 4 nitrogen and oxygen atoms in total. The standard InChI is InChI=1S/C23H25ClN2O2/c1-16(20-5-2-3-6-21(20)24)26(19-12-13-19)23(28)18-10-8-17(9-11-18)15-25-14-4-7-22(25)27/h2-3,5-6,8-11,16,19H,4,7,12-15H2,1H3. The van der Waals surface area contributed by atoms with Crippen molar-refractivity contribution in [3.05, 3.63) is 70.2 Å². The van der Waals surface area contributed by atoms with Crippen LogP contribution in [-0.4, -0.2) is 34.2 Å². The summed E-state index contributed by atoms with van der Waals surface area (Å²) in [5.74, 6) is 0.257. The number of benzene rings is 2. The summed E-state index contributed by atoms with van der Waals surface area (Å²) < 4.78 is 0. The Morgan fingerprint density at radius 3 is 2.50 bits per heavy atom. The summed E-state index contributed by atoms with van der Waals surface area (Å²) in [7, 11) is 0. The number of nitrogens with zero attached hydrogens (tertiary/aromatic N) is 2. The van der Waals surface area contributed by atoms with Gasteiger partial charge in [-0.25, -0.2) is 0 Å². The highest BCUT2D eigenvalue weighted by Crippen LogP contribution is 2.37. The van der Waals surface area contributed by atoms with Crippen LogP contribution in [0, 0.1) is 0 Å². The first-order valence-electron chi connectivity index (χ1n) is 9.98. The van der Waals surface area contributed by atoms with E-state index in [1.54, 1.807) is 0 Å². The van der Waals surface area contributed by atoms with E-state index in [4.69, 9.17) is 11.6 Å². The zero-order chi connectivity index (χ0) is 19.7. The molecule has 1 atom stereocenters. The van der Waals surface area contributed by atoms with Crippen LogP contribution in [0.1, 0.15) is 60.1 Å². The molecule has 2 amide bonds. The minimum absolute atomic E-state index is 0.0405. The summed E-state index contributed by atoms with van der Waals surface area (Å²) >= 11 is 6.38. The van der Waals surface area contributed by atoms with Crippen LogP contribution < -0.4 is 0 Å². The molecule has 1 unspecified atom stereocenters. The monoisotopic (exact) mass is 396 g/mol. The molecule has 0 aromatic heterocycles. The Hall–Kier alpha value is -2.33. The molecular formula is C23H25ClN2O2. The van der Waals surface area contributed by atoms with Gasteiger partial charge in [0.1, 0.15) is 0 Å². The van der Waals surface area contributed by atoms with Crippen LogP contribution in [0.4, 0.5) is 0 Å². The zero-order valence-corrected chi connectivity index (χ0v) is 16.9. The lowest BCUT2D eigenvalue weighted by Gasteiger charge is -2.30. The van der Waals surface area contributed by atoms with E-state index in [9.17, 15) is 9.59 Å². The Kier molecular flexibility index (Phi) is 5.40. The van der Waals surface area contributed by atoms with E-state index in [1.807, 2.05) is 65.3 Å². The Morgan fingerprint density at radius 1 is 1.18 bits per heavy atom. The first kappa shape index (κ1) is 19.0. The highest BCUT2D eigenvalue weighted by atomic mass is 35.5. The normalized spacial score (nSPS) is 17.6. The third-order valence-corrected chi connectivity index (χ3v) is 6.04. The molecule has 1 saturated heterocycles. The maximum absolute atomic E-state index is 13.3. The number of rotatable bonds is 6. The molecule has 2 aromatic rings. The fourth-order valence-corrected chi connectivity index (χ4v) is 4.26. The van der Waals surface area contributed by atoms with Gasteiger partial charge in [-0.2, -0.15) is 0 Å². The largest absolute Gasteiger partial charge is 0.338 e. The van der Waals surface area contributed by atoms with Crippen LogP contribution in [0.3, 0.4) is 0 Å². The number of carbonyl (C=O) groups excluding carboxylic acids is 2. The van der Waals surface area contributed by atoms with Gasteiger partial charge < -0.3 is 9.80 Å². The van der Waals surface area contributed by atoms with Gasteiger partial charge >= 0.3 is 0 Å². The van der Waals surface area contributed by atoms with E-state index in [1.165, 1.54) is 0 Å². The minimum atomic E-state index is -0.0735. The van der Waals surface area contributed by atoms with Gasteiger partial charge in [-0.1, -0.05) is 41.9 Å². The fourth-order valence-electron chi connectivity index (χ4n) is 3.97. The molecule has 2 fully saturated rings. The van der Waals surface area contributed by atoms with Crippen molar-refractivity contribution in [2.75, 3.05) is 6.54 Å². The van der Waals surface area contributed by atoms with Gasteiger partial charge in [0.05, 0.1) is 6.04 Å². The highest BCUT2D eigenvalue weighted by Gasteiger charge is 2.37. The smallest absolute Gasteiger partial charge is 0.254 e. The summed E-state index contributed by atoms with van der Waals surface area (Å²) in [5, 5.41) is 0.694. The molecule has 2 aromatic carbocycles. The second kappa shape index (κ2) is 7.96. The molecule has 146 valence electrons. The van der Waals surface area contributed by atoms with Crippen LogP contribution >= 0.6 is 11.6 Å². The van der Waals surface area contributed by atoms with Crippen molar-refractivity contribution in [1.82, 2.24) is 9.80 Å². The van der Waals surface area contributed by atoms with Gasteiger partial charge in [-0.15, -0.1) is 0 Å². The first-order chi connectivity index (χ1) is 13.5. The highest BCUT2D eigenvalue weighted by molar-refractivity contribution is 6.31. The molecule has 1 aliphatic carbocycles. The lowest BCUT2D eigenvalue weighted by Crippen LogP contribution is -2.35. The molecule has 2 aliphatic rings. The number of amides is 2. The molecule has 0 N–H and O–H groups in total. The van der Waals surface area contributed by atoms with E-state index < -0.39 is 0 Å². The summed E-state index contributed by atoms with van der Waals surface area (Å²) in [6.07, 6.45) is 3.66. The predicted octanol–water partition coefficient (Wildman–Crippen LogP) is 4.83. The number of likely N-dealkylation sites (tertiary alicyclic amines) is 1. The summed E-state index contributed by atoms with van der Waals surface area (Å²) in [6.45, 7) is 3.49. The average molecular weight is 397 g/mol. The van der Waals surface area contributed by atoms with Gasteiger partial charge in [0.2, 0.25) is 5.91 Å². The Labute approximate surface area is 171 Å². The van der Waals surface area contributed by atoms with Gasteiger partial charge in [-0.05, 0) is 55.5 Å². The van der Waals surface area contributed by atoms with Gasteiger partial charge in [0.25, 0.3) is 5.91 Å². The van der Waals surface area contributed by atoms with E-state index in [-0.39, 0.29) is 23.9 Å². The maximum atomic E-state index is 13.3. The van der Waals surface area contributed by atoms with Crippen molar-refractivity contribution in [3.63, 3.8) is 0 Å².